The predicted molar refractivity (Wildman–Crippen MR) is 73.2 cm³/mol. The van der Waals surface area contributed by atoms with E-state index in [4.69, 9.17) is 4.42 Å². The van der Waals surface area contributed by atoms with Gasteiger partial charge in [-0.1, -0.05) is 13.8 Å². The van der Waals surface area contributed by atoms with Crippen molar-refractivity contribution in [1.82, 2.24) is 19.7 Å². The zero-order chi connectivity index (χ0) is 14.5. The molecule has 0 aliphatic heterocycles. The Kier molecular flexibility index (Phi) is 4.49. The van der Waals surface area contributed by atoms with Crippen LogP contribution in [-0.4, -0.2) is 25.7 Å². The molecule has 2 heterocycles. The molecule has 0 aliphatic rings. The van der Waals surface area contributed by atoms with Crippen molar-refractivity contribution in [3.8, 4) is 0 Å². The third kappa shape index (κ3) is 3.43. The second-order valence-electron chi connectivity index (χ2n) is 4.77. The second-order valence-corrected chi connectivity index (χ2v) is 4.77. The molecular formula is C13H19N5O2. The first-order valence-electron chi connectivity index (χ1n) is 6.73. The number of aryl methyl sites for hydroxylation is 2. The fourth-order valence-electron chi connectivity index (χ4n) is 1.70. The number of aromatic nitrogens is 4. The minimum atomic E-state index is -0.116. The highest BCUT2D eigenvalue weighted by molar-refractivity contribution is 5.89. The number of hydrogen-bond donors (Lipinski definition) is 1. The van der Waals surface area contributed by atoms with Crippen LogP contribution in [0.3, 0.4) is 0 Å². The van der Waals surface area contributed by atoms with Crippen LogP contribution >= 0.6 is 0 Å². The molecule has 0 aliphatic carbocycles. The molecule has 0 radical (unpaired) electrons. The number of amides is 1. The summed E-state index contributed by atoms with van der Waals surface area (Å²) in [6.07, 6.45) is 4.20. The Bertz CT molecular complexity index is 573. The maximum atomic E-state index is 11.8. The van der Waals surface area contributed by atoms with E-state index >= 15 is 0 Å². The maximum Gasteiger partial charge on any atom is 0.227 e. The Morgan fingerprint density at radius 1 is 1.45 bits per heavy atom. The monoisotopic (exact) mass is 277 g/mol. The number of nitrogens with zero attached hydrogens (tertiary/aromatic N) is 4. The highest BCUT2D eigenvalue weighted by atomic mass is 16.4. The average Bonchev–Trinajstić information content (AvgIpc) is 3.04. The van der Waals surface area contributed by atoms with Crippen LogP contribution in [0.1, 0.15) is 44.9 Å². The van der Waals surface area contributed by atoms with E-state index in [9.17, 15) is 4.79 Å². The Hall–Kier alpha value is -2.18. The van der Waals surface area contributed by atoms with E-state index in [2.05, 4.69) is 20.5 Å². The molecule has 0 fully saturated rings. The molecular weight excluding hydrogens is 258 g/mol. The van der Waals surface area contributed by atoms with E-state index in [1.165, 1.54) is 0 Å². The summed E-state index contributed by atoms with van der Waals surface area (Å²) in [6.45, 7) is 6.71. The van der Waals surface area contributed by atoms with Gasteiger partial charge in [0.25, 0.3) is 0 Å². The Morgan fingerprint density at radius 3 is 2.90 bits per heavy atom. The maximum absolute atomic E-state index is 11.8. The van der Waals surface area contributed by atoms with Gasteiger partial charge < -0.3 is 8.98 Å². The Morgan fingerprint density at radius 2 is 2.25 bits per heavy atom. The molecule has 7 heteroatoms. The fourth-order valence-corrected chi connectivity index (χ4v) is 1.70. The zero-order valence-electron chi connectivity index (χ0n) is 12.0. The van der Waals surface area contributed by atoms with Crippen molar-refractivity contribution in [2.45, 2.75) is 46.1 Å². The molecule has 1 amide bonds. The van der Waals surface area contributed by atoms with Crippen LogP contribution in [0.5, 0.6) is 0 Å². The molecule has 0 saturated heterocycles. The molecule has 2 aromatic rings. The van der Waals surface area contributed by atoms with Crippen LogP contribution in [0, 0.1) is 0 Å². The van der Waals surface area contributed by atoms with Crippen LogP contribution in [0.15, 0.2) is 16.8 Å². The van der Waals surface area contributed by atoms with Gasteiger partial charge in [0.15, 0.2) is 0 Å². The second kappa shape index (κ2) is 6.31. The number of anilines is 1. The van der Waals surface area contributed by atoms with Gasteiger partial charge in [-0.15, -0.1) is 10.2 Å². The van der Waals surface area contributed by atoms with Crippen LogP contribution in [0.4, 0.5) is 5.95 Å². The van der Waals surface area contributed by atoms with E-state index in [-0.39, 0.29) is 18.2 Å². The number of nitrogens with one attached hydrogen (secondary N) is 1. The zero-order valence-corrected chi connectivity index (χ0v) is 12.0. The topological polar surface area (TPSA) is 85.8 Å². The van der Waals surface area contributed by atoms with Crippen molar-refractivity contribution in [1.29, 1.82) is 0 Å². The highest BCUT2D eigenvalue weighted by Crippen LogP contribution is 2.13. The van der Waals surface area contributed by atoms with Gasteiger partial charge in [0.1, 0.15) is 0 Å². The lowest BCUT2D eigenvalue weighted by Gasteiger charge is -2.05. The smallest absolute Gasteiger partial charge is 0.227 e. The van der Waals surface area contributed by atoms with Gasteiger partial charge in [0, 0.05) is 37.7 Å². The first kappa shape index (κ1) is 14.2. The summed E-state index contributed by atoms with van der Waals surface area (Å²) in [7, 11) is 0. The third-order valence-corrected chi connectivity index (χ3v) is 2.85. The van der Waals surface area contributed by atoms with E-state index in [1.54, 1.807) is 6.20 Å². The summed E-state index contributed by atoms with van der Waals surface area (Å²) in [4.78, 5) is 15.9. The Labute approximate surface area is 117 Å². The number of carbonyl (C=O) groups excluding carboxylic acids is 1. The molecule has 0 atom stereocenters. The van der Waals surface area contributed by atoms with Gasteiger partial charge in [-0.3, -0.25) is 10.1 Å². The molecule has 108 valence electrons. The lowest BCUT2D eigenvalue weighted by Crippen LogP contribution is -2.16. The lowest BCUT2D eigenvalue weighted by atomic mass is 10.2. The predicted octanol–water partition coefficient (Wildman–Crippen LogP) is 1.98. The molecule has 0 unspecified atom stereocenters. The van der Waals surface area contributed by atoms with Crippen LogP contribution in [0.2, 0.25) is 0 Å². The van der Waals surface area contributed by atoms with Crippen molar-refractivity contribution in [3.05, 3.63) is 24.2 Å². The largest absolute Gasteiger partial charge is 0.425 e. The van der Waals surface area contributed by atoms with Crippen molar-refractivity contribution in [2.75, 3.05) is 5.32 Å². The van der Waals surface area contributed by atoms with Gasteiger partial charge in [-0.2, -0.15) is 0 Å². The fraction of sp³-hybridized carbons (Fsp3) is 0.538. The molecule has 0 saturated carbocycles. The van der Waals surface area contributed by atoms with E-state index in [0.717, 1.165) is 6.54 Å². The summed E-state index contributed by atoms with van der Waals surface area (Å²) in [5.74, 6) is 1.73. The van der Waals surface area contributed by atoms with Crippen LogP contribution < -0.4 is 5.32 Å². The first-order valence-corrected chi connectivity index (χ1v) is 6.73. The number of imidazole rings is 1. The van der Waals surface area contributed by atoms with E-state index in [0.29, 0.717) is 24.2 Å². The minimum absolute atomic E-state index is 0.116. The quantitative estimate of drug-likeness (QED) is 0.872. The molecule has 0 aromatic carbocycles. The number of carbonyl (C=O) groups is 1. The van der Waals surface area contributed by atoms with Crippen molar-refractivity contribution >= 4 is 11.9 Å². The lowest BCUT2D eigenvalue weighted by molar-refractivity contribution is -0.116. The molecule has 2 aromatic heterocycles. The standard InChI is InChI=1S/C13H19N5O2/c1-4-18-8-7-14-13(18)15-10(19)5-6-11-16-17-12(20-11)9(2)3/h7-9H,4-6H2,1-3H3,(H,14,15,19). The van der Waals surface area contributed by atoms with E-state index < -0.39 is 0 Å². The van der Waals surface area contributed by atoms with Crippen LogP contribution in [-0.2, 0) is 17.8 Å². The minimum Gasteiger partial charge on any atom is -0.425 e. The van der Waals surface area contributed by atoms with Gasteiger partial charge in [-0.05, 0) is 6.92 Å². The summed E-state index contributed by atoms with van der Waals surface area (Å²) in [5, 5.41) is 10.6. The first-order chi connectivity index (χ1) is 9.60. The SMILES string of the molecule is CCn1ccnc1NC(=O)CCc1nnc(C(C)C)o1. The molecule has 20 heavy (non-hydrogen) atoms. The summed E-state index contributed by atoms with van der Waals surface area (Å²) < 4.78 is 7.32. The summed E-state index contributed by atoms with van der Waals surface area (Å²) in [6, 6.07) is 0. The number of hydrogen-bond acceptors (Lipinski definition) is 5. The highest BCUT2D eigenvalue weighted by Gasteiger charge is 2.12. The van der Waals surface area contributed by atoms with Crippen molar-refractivity contribution in [2.24, 2.45) is 0 Å². The Balaban J connectivity index is 1.85. The van der Waals surface area contributed by atoms with Gasteiger partial charge in [0.2, 0.25) is 23.6 Å². The molecule has 2 rings (SSSR count). The third-order valence-electron chi connectivity index (χ3n) is 2.85. The normalized spacial score (nSPS) is 11.0. The molecule has 0 spiro atoms. The molecule has 7 nitrogen and oxygen atoms in total. The summed E-state index contributed by atoms with van der Waals surface area (Å²) in [5.41, 5.74) is 0. The molecule has 1 N–H and O–H groups in total. The molecule has 0 bridgehead atoms. The number of rotatable bonds is 6. The average molecular weight is 277 g/mol. The van der Waals surface area contributed by atoms with Gasteiger partial charge in [0.05, 0.1) is 0 Å². The van der Waals surface area contributed by atoms with E-state index in [1.807, 2.05) is 31.5 Å². The van der Waals surface area contributed by atoms with Gasteiger partial charge >= 0.3 is 0 Å². The van der Waals surface area contributed by atoms with Crippen molar-refractivity contribution in [3.63, 3.8) is 0 Å². The summed E-state index contributed by atoms with van der Waals surface area (Å²) >= 11 is 0. The van der Waals surface area contributed by atoms with Crippen molar-refractivity contribution < 1.29 is 9.21 Å². The van der Waals surface area contributed by atoms with Gasteiger partial charge in [-0.25, -0.2) is 4.98 Å². The van der Waals surface area contributed by atoms with Crippen LogP contribution in [0.25, 0.3) is 0 Å².